The summed E-state index contributed by atoms with van der Waals surface area (Å²) < 4.78 is 0. The Bertz CT molecular complexity index is 631. The van der Waals surface area contributed by atoms with Gasteiger partial charge in [-0.15, -0.1) is 0 Å². The number of fused-ring (bicyclic) bond motifs is 1. The van der Waals surface area contributed by atoms with Crippen LogP contribution >= 0.6 is 0 Å². The Morgan fingerprint density at radius 2 is 2.05 bits per heavy atom. The smallest absolute Gasteiger partial charge is 0.251 e. The van der Waals surface area contributed by atoms with Crippen molar-refractivity contribution in [2.75, 3.05) is 0 Å². The summed E-state index contributed by atoms with van der Waals surface area (Å²) in [5.41, 5.74) is 2.50. The highest BCUT2D eigenvalue weighted by Gasteiger charge is 2.22. The van der Waals surface area contributed by atoms with E-state index in [1.54, 1.807) is 0 Å². The fraction of sp³-hybridized carbons (Fsp3) is 0.286. The van der Waals surface area contributed by atoms with E-state index in [1.165, 1.54) is 23.8 Å². The van der Waals surface area contributed by atoms with Gasteiger partial charge in [-0.1, -0.05) is 0 Å². The summed E-state index contributed by atoms with van der Waals surface area (Å²) in [7, 11) is 0. The van der Waals surface area contributed by atoms with Crippen molar-refractivity contribution in [2.24, 2.45) is 0 Å². The highest BCUT2D eigenvalue weighted by atomic mass is 16.3. The third kappa shape index (κ3) is 2.45. The lowest BCUT2D eigenvalue weighted by Gasteiger charge is -2.22. The summed E-state index contributed by atoms with van der Waals surface area (Å²) in [5, 5.41) is 28.6. The maximum absolute atomic E-state index is 12.1. The SMILES string of the molecule is O=C(NC1CCc2cn[nH]c2C1)c1cc(O)cc(O)c1. The van der Waals surface area contributed by atoms with Gasteiger partial charge in [-0.05, 0) is 30.5 Å². The lowest BCUT2D eigenvalue weighted by Crippen LogP contribution is -2.38. The zero-order chi connectivity index (χ0) is 14.1. The summed E-state index contributed by atoms with van der Waals surface area (Å²) in [4.78, 5) is 12.1. The number of phenolic OH excluding ortho intramolecular Hbond substituents is 2. The van der Waals surface area contributed by atoms with Gasteiger partial charge in [0.05, 0.1) is 6.20 Å². The molecule has 104 valence electrons. The van der Waals surface area contributed by atoms with E-state index in [0.717, 1.165) is 18.5 Å². The van der Waals surface area contributed by atoms with Crippen molar-refractivity contribution < 1.29 is 15.0 Å². The number of aromatic amines is 1. The van der Waals surface area contributed by atoms with Crippen LogP contribution in [0.4, 0.5) is 0 Å². The second-order valence-corrected chi connectivity index (χ2v) is 5.03. The molecule has 1 aliphatic rings. The molecule has 0 radical (unpaired) electrons. The summed E-state index contributed by atoms with van der Waals surface area (Å²) in [6, 6.07) is 3.88. The minimum Gasteiger partial charge on any atom is -0.508 e. The number of rotatable bonds is 2. The van der Waals surface area contributed by atoms with Crippen molar-refractivity contribution in [2.45, 2.75) is 25.3 Å². The number of hydrogen-bond donors (Lipinski definition) is 4. The normalized spacial score (nSPS) is 17.5. The molecule has 1 heterocycles. The first-order valence-corrected chi connectivity index (χ1v) is 6.47. The third-order valence-corrected chi connectivity index (χ3v) is 3.52. The molecule has 3 rings (SSSR count). The van der Waals surface area contributed by atoms with E-state index < -0.39 is 0 Å². The molecular weight excluding hydrogens is 258 g/mol. The van der Waals surface area contributed by atoms with E-state index >= 15 is 0 Å². The first-order valence-electron chi connectivity index (χ1n) is 6.47. The highest BCUT2D eigenvalue weighted by Crippen LogP contribution is 2.22. The number of benzene rings is 1. The van der Waals surface area contributed by atoms with Gasteiger partial charge in [0.25, 0.3) is 5.91 Å². The molecule has 0 spiro atoms. The first kappa shape index (κ1) is 12.5. The fourth-order valence-corrected chi connectivity index (χ4v) is 2.53. The fourth-order valence-electron chi connectivity index (χ4n) is 2.53. The van der Waals surface area contributed by atoms with Crippen molar-refractivity contribution in [3.63, 3.8) is 0 Å². The van der Waals surface area contributed by atoms with Crippen molar-refractivity contribution in [1.29, 1.82) is 0 Å². The lowest BCUT2D eigenvalue weighted by atomic mass is 9.93. The Morgan fingerprint density at radius 1 is 1.30 bits per heavy atom. The van der Waals surface area contributed by atoms with Crippen LogP contribution in [0, 0.1) is 0 Å². The zero-order valence-corrected chi connectivity index (χ0v) is 10.8. The maximum atomic E-state index is 12.1. The Morgan fingerprint density at radius 3 is 2.80 bits per heavy atom. The number of H-pyrrole nitrogens is 1. The van der Waals surface area contributed by atoms with Gasteiger partial charge >= 0.3 is 0 Å². The van der Waals surface area contributed by atoms with Crippen LogP contribution in [0.25, 0.3) is 0 Å². The molecule has 6 heteroatoms. The minimum atomic E-state index is -0.302. The monoisotopic (exact) mass is 273 g/mol. The molecule has 20 heavy (non-hydrogen) atoms. The van der Waals surface area contributed by atoms with E-state index in [2.05, 4.69) is 15.5 Å². The van der Waals surface area contributed by atoms with Gasteiger partial charge in [0.15, 0.2) is 0 Å². The molecule has 1 amide bonds. The van der Waals surface area contributed by atoms with Crippen LogP contribution in [-0.4, -0.2) is 32.4 Å². The van der Waals surface area contributed by atoms with Gasteiger partial charge < -0.3 is 15.5 Å². The number of aromatic hydroxyl groups is 2. The number of nitrogens with zero attached hydrogens (tertiary/aromatic N) is 1. The highest BCUT2D eigenvalue weighted by molar-refractivity contribution is 5.95. The predicted molar refractivity (Wildman–Crippen MR) is 71.6 cm³/mol. The number of phenols is 2. The molecular formula is C14H15N3O3. The van der Waals surface area contributed by atoms with E-state index in [9.17, 15) is 15.0 Å². The molecule has 6 nitrogen and oxygen atoms in total. The topological polar surface area (TPSA) is 98.2 Å². The summed E-state index contributed by atoms with van der Waals surface area (Å²) in [6.07, 6.45) is 4.26. The van der Waals surface area contributed by atoms with Crippen molar-refractivity contribution >= 4 is 5.91 Å². The summed E-state index contributed by atoms with van der Waals surface area (Å²) in [5.74, 6) is -0.562. The lowest BCUT2D eigenvalue weighted by molar-refractivity contribution is 0.0932. The van der Waals surface area contributed by atoms with Crippen molar-refractivity contribution in [3.05, 3.63) is 41.2 Å². The van der Waals surface area contributed by atoms with Gasteiger partial charge in [0.1, 0.15) is 11.5 Å². The average molecular weight is 273 g/mol. The molecule has 1 aromatic heterocycles. The molecule has 1 aliphatic carbocycles. The van der Waals surface area contributed by atoms with Crippen molar-refractivity contribution in [3.8, 4) is 11.5 Å². The van der Waals surface area contributed by atoms with Crippen LogP contribution in [-0.2, 0) is 12.8 Å². The number of carbonyl (C=O) groups excluding carboxylic acids is 1. The number of nitrogens with one attached hydrogen (secondary N) is 2. The molecule has 0 fully saturated rings. The molecule has 2 aromatic rings. The number of aryl methyl sites for hydroxylation is 1. The Balaban J connectivity index is 1.71. The van der Waals surface area contributed by atoms with Gasteiger partial charge in [0.2, 0.25) is 0 Å². The molecule has 4 N–H and O–H groups in total. The van der Waals surface area contributed by atoms with Crippen LogP contribution in [0.3, 0.4) is 0 Å². The Labute approximate surface area is 115 Å². The quantitative estimate of drug-likeness (QED) is 0.658. The van der Waals surface area contributed by atoms with E-state index in [4.69, 9.17) is 0 Å². The van der Waals surface area contributed by atoms with Crippen molar-refractivity contribution in [1.82, 2.24) is 15.5 Å². The molecule has 0 aliphatic heterocycles. The third-order valence-electron chi connectivity index (χ3n) is 3.52. The van der Waals surface area contributed by atoms with Crippen LogP contribution in [0.15, 0.2) is 24.4 Å². The summed E-state index contributed by atoms with van der Waals surface area (Å²) >= 11 is 0. The van der Waals surface area contributed by atoms with Crippen LogP contribution in [0.2, 0.25) is 0 Å². The zero-order valence-electron chi connectivity index (χ0n) is 10.8. The van der Waals surface area contributed by atoms with E-state index in [0.29, 0.717) is 6.42 Å². The minimum absolute atomic E-state index is 0.0277. The molecule has 1 aromatic carbocycles. The van der Waals surface area contributed by atoms with Gasteiger partial charge in [-0.3, -0.25) is 9.89 Å². The Hall–Kier alpha value is -2.50. The van der Waals surface area contributed by atoms with Gasteiger partial charge in [0, 0.05) is 29.8 Å². The Kier molecular flexibility index (Phi) is 3.06. The number of carbonyl (C=O) groups is 1. The molecule has 0 bridgehead atoms. The molecule has 1 atom stereocenters. The molecule has 0 saturated carbocycles. The number of aromatic nitrogens is 2. The van der Waals surface area contributed by atoms with Gasteiger partial charge in [-0.2, -0.15) is 5.10 Å². The second-order valence-electron chi connectivity index (χ2n) is 5.03. The first-order chi connectivity index (χ1) is 9.61. The average Bonchev–Trinajstić information content (AvgIpc) is 2.85. The van der Waals surface area contributed by atoms with E-state index in [-0.39, 0.29) is 29.0 Å². The van der Waals surface area contributed by atoms with Crippen LogP contribution < -0.4 is 5.32 Å². The maximum Gasteiger partial charge on any atom is 0.251 e. The predicted octanol–water partition coefficient (Wildman–Crippen LogP) is 1.11. The van der Waals surface area contributed by atoms with Crippen LogP contribution in [0.5, 0.6) is 11.5 Å². The number of amides is 1. The largest absolute Gasteiger partial charge is 0.508 e. The standard InChI is InChI=1S/C14H15N3O3/c18-11-3-9(4-12(19)6-11)14(20)16-10-2-1-8-7-15-17-13(8)5-10/h3-4,6-7,10,18-19H,1-2,5H2,(H,15,17)(H,16,20). The van der Waals surface area contributed by atoms with Crippen LogP contribution in [0.1, 0.15) is 28.0 Å². The molecule has 0 saturated heterocycles. The molecule has 1 unspecified atom stereocenters. The van der Waals surface area contributed by atoms with E-state index in [1.807, 2.05) is 6.20 Å². The summed E-state index contributed by atoms with van der Waals surface area (Å²) in [6.45, 7) is 0. The number of hydrogen-bond acceptors (Lipinski definition) is 4. The second kappa shape index (κ2) is 4.88. The van der Waals surface area contributed by atoms with Gasteiger partial charge in [-0.25, -0.2) is 0 Å².